The van der Waals surface area contributed by atoms with E-state index in [4.69, 9.17) is 26.4 Å². The monoisotopic (exact) mass is 481 g/mol. The molecule has 1 saturated heterocycles. The molecule has 0 aliphatic carbocycles. The molecule has 2 aromatic heterocycles. The molecule has 1 N–H and O–H groups in total. The number of anilines is 1. The molecule has 5 rings (SSSR count). The van der Waals surface area contributed by atoms with Crippen LogP contribution in [0.5, 0.6) is 5.75 Å². The van der Waals surface area contributed by atoms with Crippen LogP contribution in [-0.2, 0) is 0 Å². The minimum absolute atomic E-state index is 0.0553. The molecular formula is C24H24ClN5O2S. The van der Waals surface area contributed by atoms with Crippen LogP contribution >= 0.6 is 22.9 Å². The molecule has 0 atom stereocenters. The summed E-state index contributed by atoms with van der Waals surface area (Å²) in [6.45, 7) is 3.70. The highest BCUT2D eigenvalue weighted by Crippen LogP contribution is 2.34. The van der Waals surface area contributed by atoms with Crippen molar-refractivity contribution in [2.45, 2.75) is 25.8 Å². The number of carbonyl (C=O) groups excluding carboxylic acids is 1. The molecule has 33 heavy (non-hydrogen) atoms. The Kier molecular flexibility index (Phi) is 5.95. The number of nitrogens with one attached hydrogen (secondary N) is 1. The van der Waals surface area contributed by atoms with E-state index in [-0.39, 0.29) is 11.9 Å². The lowest BCUT2D eigenvalue weighted by Crippen LogP contribution is -2.44. The standard InChI is InChI=1S/C24H24ClN5O2S/c1-15-21-22(30(28-15)19-7-9-20(32-2)10-8-19)27-24(33-21)29-13-11-18(12-14-29)26-23(31)16-3-5-17(25)6-4-16/h3-10,18H,11-14H2,1-2H3,(H,26,31). The molecular weight excluding hydrogens is 458 g/mol. The number of benzene rings is 2. The fourth-order valence-electron chi connectivity index (χ4n) is 4.05. The van der Waals surface area contributed by atoms with Crippen LogP contribution in [0.2, 0.25) is 5.02 Å². The average molecular weight is 482 g/mol. The molecule has 3 heterocycles. The van der Waals surface area contributed by atoms with Gasteiger partial charge in [-0.05, 0) is 68.3 Å². The molecule has 2 aromatic carbocycles. The van der Waals surface area contributed by atoms with Crippen molar-refractivity contribution in [1.82, 2.24) is 20.1 Å². The molecule has 0 saturated carbocycles. The Hall–Kier alpha value is -3.10. The molecule has 1 aliphatic rings. The fraction of sp³-hybridized carbons (Fsp3) is 0.292. The maximum atomic E-state index is 12.5. The highest BCUT2D eigenvalue weighted by molar-refractivity contribution is 7.22. The maximum Gasteiger partial charge on any atom is 0.251 e. The van der Waals surface area contributed by atoms with E-state index in [1.807, 2.05) is 35.9 Å². The first kappa shape index (κ1) is 21.7. The lowest BCUT2D eigenvalue weighted by Gasteiger charge is -2.32. The molecule has 170 valence electrons. The van der Waals surface area contributed by atoms with E-state index in [1.165, 1.54) is 0 Å². The molecule has 9 heteroatoms. The number of ether oxygens (including phenoxy) is 1. The number of fused-ring (bicyclic) bond motifs is 1. The van der Waals surface area contributed by atoms with Crippen molar-refractivity contribution in [3.05, 3.63) is 64.8 Å². The molecule has 1 fully saturated rings. The van der Waals surface area contributed by atoms with Gasteiger partial charge in [0.15, 0.2) is 10.8 Å². The topological polar surface area (TPSA) is 72.3 Å². The number of amides is 1. The van der Waals surface area contributed by atoms with Gasteiger partial charge < -0.3 is 15.0 Å². The number of aryl methyl sites for hydroxylation is 1. The predicted molar refractivity (Wildman–Crippen MR) is 132 cm³/mol. The van der Waals surface area contributed by atoms with Gasteiger partial charge in [0.2, 0.25) is 0 Å². The average Bonchev–Trinajstić information content (AvgIpc) is 3.40. The van der Waals surface area contributed by atoms with Crippen molar-refractivity contribution >= 4 is 44.3 Å². The summed E-state index contributed by atoms with van der Waals surface area (Å²) in [6.07, 6.45) is 1.75. The number of thiazole rings is 1. The van der Waals surface area contributed by atoms with Gasteiger partial charge in [-0.2, -0.15) is 10.1 Å². The minimum Gasteiger partial charge on any atom is -0.497 e. The molecule has 0 unspecified atom stereocenters. The normalized spacial score (nSPS) is 14.6. The number of methoxy groups -OCH3 is 1. The van der Waals surface area contributed by atoms with Crippen LogP contribution < -0.4 is 15.0 Å². The molecule has 1 amide bonds. The number of hydrogen-bond donors (Lipinski definition) is 1. The number of rotatable bonds is 5. The maximum absolute atomic E-state index is 12.5. The van der Waals surface area contributed by atoms with E-state index in [9.17, 15) is 4.79 Å². The van der Waals surface area contributed by atoms with E-state index >= 15 is 0 Å². The van der Waals surface area contributed by atoms with Gasteiger partial charge in [-0.15, -0.1) is 0 Å². The Labute approximate surface area is 200 Å². The summed E-state index contributed by atoms with van der Waals surface area (Å²) in [7, 11) is 1.66. The van der Waals surface area contributed by atoms with E-state index in [1.54, 1.807) is 42.7 Å². The van der Waals surface area contributed by atoms with Crippen LogP contribution in [0, 0.1) is 6.92 Å². The highest BCUT2D eigenvalue weighted by Gasteiger charge is 2.25. The van der Waals surface area contributed by atoms with E-state index in [0.29, 0.717) is 10.6 Å². The highest BCUT2D eigenvalue weighted by atomic mass is 35.5. The Morgan fingerprint density at radius 3 is 2.48 bits per heavy atom. The zero-order chi connectivity index (χ0) is 22.9. The second-order valence-corrected chi connectivity index (χ2v) is 9.50. The summed E-state index contributed by atoms with van der Waals surface area (Å²) in [5.41, 5.74) is 3.42. The van der Waals surface area contributed by atoms with Crippen LogP contribution in [0.25, 0.3) is 16.0 Å². The van der Waals surface area contributed by atoms with Crippen LogP contribution in [0.1, 0.15) is 28.9 Å². The van der Waals surface area contributed by atoms with Crippen molar-refractivity contribution in [2.75, 3.05) is 25.1 Å². The SMILES string of the molecule is COc1ccc(-n2nc(C)c3sc(N4CCC(NC(=O)c5ccc(Cl)cc5)CC4)nc32)cc1. The van der Waals surface area contributed by atoms with Crippen molar-refractivity contribution in [3.8, 4) is 11.4 Å². The van der Waals surface area contributed by atoms with Gasteiger partial charge in [0, 0.05) is 29.7 Å². The van der Waals surface area contributed by atoms with Gasteiger partial charge in [-0.3, -0.25) is 4.79 Å². The van der Waals surface area contributed by atoms with E-state index in [2.05, 4.69) is 10.2 Å². The van der Waals surface area contributed by atoms with Crippen molar-refractivity contribution in [3.63, 3.8) is 0 Å². The van der Waals surface area contributed by atoms with Crippen LogP contribution in [0.3, 0.4) is 0 Å². The van der Waals surface area contributed by atoms with E-state index < -0.39 is 0 Å². The summed E-state index contributed by atoms with van der Waals surface area (Å²) in [5, 5.41) is 9.46. The number of halogens is 1. The van der Waals surface area contributed by atoms with Crippen LogP contribution in [0.4, 0.5) is 5.13 Å². The van der Waals surface area contributed by atoms with Gasteiger partial charge in [-0.1, -0.05) is 22.9 Å². The number of carbonyl (C=O) groups is 1. The smallest absolute Gasteiger partial charge is 0.251 e. The molecule has 1 aliphatic heterocycles. The van der Waals surface area contributed by atoms with Gasteiger partial charge in [0.05, 0.1) is 23.2 Å². The summed E-state index contributed by atoms with van der Waals surface area (Å²) in [5.74, 6) is 0.754. The zero-order valence-corrected chi connectivity index (χ0v) is 20.0. The van der Waals surface area contributed by atoms with Crippen molar-refractivity contribution in [1.29, 1.82) is 0 Å². The number of hydrogen-bond acceptors (Lipinski definition) is 6. The molecule has 7 nitrogen and oxygen atoms in total. The van der Waals surface area contributed by atoms with E-state index in [0.717, 1.165) is 58.5 Å². The van der Waals surface area contributed by atoms with Crippen LogP contribution in [0.15, 0.2) is 48.5 Å². The lowest BCUT2D eigenvalue weighted by molar-refractivity contribution is 0.0931. The van der Waals surface area contributed by atoms with Gasteiger partial charge >= 0.3 is 0 Å². The zero-order valence-electron chi connectivity index (χ0n) is 18.4. The summed E-state index contributed by atoms with van der Waals surface area (Å²) in [4.78, 5) is 19.7. The third-order valence-electron chi connectivity index (χ3n) is 5.90. The summed E-state index contributed by atoms with van der Waals surface area (Å²) < 4.78 is 8.25. The third kappa shape index (κ3) is 4.41. The summed E-state index contributed by atoms with van der Waals surface area (Å²) >= 11 is 7.59. The molecule has 0 bridgehead atoms. The molecule has 4 aromatic rings. The number of piperidine rings is 1. The lowest BCUT2D eigenvalue weighted by atomic mass is 10.0. The van der Waals surface area contributed by atoms with Gasteiger partial charge in [0.25, 0.3) is 5.91 Å². The second-order valence-electron chi connectivity index (χ2n) is 8.09. The molecule has 0 spiro atoms. The number of nitrogens with zero attached hydrogens (tertiary/aromatic N) is 4. The Morgan fingerprint density at radius 1 is 1.12 bits per heavy atom. The second kappa shape index (κ2) is 9.03. The van der Waals surface area contributed by atoms with Crippen molar-refractivity contribution in [2.24, 2.45) is 0 Å². The Morgan fingerprint density at radius 2 is 1.82 bits per heavy atom. The molecule has 0 radical (unpaired) electrons. The largest absolute Gasteiger partial charge is 0.497 e. The predicted octanol–water partition coefficient (Wildman–Crippen LogP) is 4.85. The minimum atomic E-state index is -0.0553. The van der Waals surface area contributed by atoms with Crippen molar-refractivity contribution < 1.29 is 9.53 Å². The fourth-order valence-corrected chi connectivity index (χ4v) is 5.21. The summed E-state index contributed by atoms with van der Waals surface area (Å²) in [6, 6.07) is 14.9. The first-order valence-corrected chi connectivity index (χ1v) is 12.0. The Bertz CT molecular complexity index is 1270. The quantitative estimate of drug-likeness (QED) is 0.441. The van der Waals surface area contributed by atoms with Gasteiger partial charge in [-0.25, -0.2) is 4.68 Å². The first-order chi connectivity index (χ1) is 16.0. The van der Waals surface area contributed by atoms with Crippen LogP contribution in [-0.4, -0.2) is 46.9 Å². The van der Waals surface area contributed by atoms with Gasteiger partial charge in [0.1, 0.15) is 5.75 Å². The number of aromatic nitrogens is 3. The third-order valence-corrected chi connectivity index (χ3v) is 7.37. The first-order valence-electron chi connectivity index (χ1n) is 10.8. The Balaban J connectivity index is 1.27.